The first-order valence-electron chi connectivity index (χ1n) is 11.4. The van der Waals surface area contributed by atoms with E-state index in [9.17, 15) is 18.0 Å². The van der Waals surface area contributed by atoms with E-state index in [1.165, 1.54) is 0 Å². The van der Waals surface area contributed by atoms with E-state index >= 15 is 0 Å². The monoisotopic (exact) mass is 475 g/mol. The Kier molecular flexibility index (Phi) is 8.68. The Hall–Kier alpha value is -2.65. The normalized spacial score (nSPS) is 19.7. The minimum atomic E-state index is -3.53. The molecule has 0 spiro atoms. The number of carbonyl (C=O) groups excluding carboxylic acids is 2. The molecular formula is C24H33N3O5S. The molecule has 0 aliphatic heterocycles. The fourth-order valence-electron chi connectivity index (χ4n) is 4.04. The van der Waals surface area contributed by atoms with Crippen molar-refractivity contribution in [2.24, 2.45) is 17.8 Å². The standard InChI is InChI=1S/C24H33N3O5S/c1-17(2)22(24(29)25-16-20-7-6-14-32-20)27-23(28)19-12-10-18(11-13-19)15-26-33(30,31)21-8-4-3-5-9-21/h3-9,14,17-19,22,26H,10-13,15-16H2,1-2H3,(H,25,29)(H,27,28). The number of hydrogen-bond donors (Lipinski definition) is 3. The van der Waals surface area contributed by atoms with Crippen molar-refractivity contribution in [1.29, 1.82) is 0 Å². The average molecular weight is 476 g/mol. The zero-order valence-electron chi connectivity index (χ0n) is 19.1. The average Bonchev–Trinajstić information content (AvgIpc) is 3.34. The summed E-state index contributed by atoms with van der Waals surface area (Å²) in [6.45, 7) is 4.42. The molecule has 1 atom stereocenters. The Morgan fingerprint density at radius 1 is 1.03 bits per heavy atom. The summed E-state index contributed by atoms with van der Waals surface area (Å²) >= 11 is 0. The van der Waals surface area contributed by atoms with Crippen LogP contribution < -0.4 is 15.4 Å². The molecule has 3 rings (SSSR count). The first-order valence-corrected chi connectivity index (χ1v) is 12.9. The summed E-state index contributed by atoms with van der Waals surface area (Å²) < 4.78 is 32.7. The molecule has 1 aromatic carbocycles. The molecule has 1 heterocycles. The molecule has 1 fully saturated rings. The molecule has 1 saturated carbocycles. The highest BCUT2D eigenvalue weighted by molar-refractivity contribution is 7.89. The summed E-state index contributed by atoms with van der Waals surface area (Å²) in [5, 5.41) is 5.73. The number of furan rings is 1. The lowest BCUT2D eigenvalue weighted by Crippen LogP contribution is -2.51. The molecule has 9 heteroatoms. The summed E-state index contributed by atoms with van der Waals surface area (Å²) in [6, 6.07) is 11.2. The van der Waals surface area contributed by atoms with Gasteiger partial charge >= 0.3 is 0 Å². The van der Waals surface area contributed by atoms with E-state index in [-0.39, 0.29) is 41.0 Å². The third-order valence-electron chi connectivity index (χ3n) is 6.10. The Balaban J connectivity index is 1.45. The number of carbonyl (C=O) groups is 2. The molecular weight excluding hydrogens is 442 g/mol. The minimum Gasteiger partial charge on any atom is -0.467 e. The largest absolute Gasteiger partial charge is 0.467 e. The molecule has 180 valence electrons. The molecule has 0 bridgehead atoms. The summed E-state index contributed by atoms with van der Waals surface area (Å²) in [4.78, 5) is 25.7. The zero-order valence-corrected chi connectivity index (χ0v) is 19.9. The molecule has 2 amide bonds. The molecule has 0 radical (unpaired) electrons. The van der Waals surface area contributed by atoms with Gasteiger partial charge in [-0.1, -0.05) is 32.0 Å². The molecule has 1 aromatic heterocycles. The van der Waals surface area contributed by atoms with E-state index in [0.29, 0.717) is 25.1 Å². The third-order valence-corrected chi connectivity index (χ3v) is 7.54. The third kappa shape index (κ3) is 7.17. The van der Waals surface area contributed by atoms with Crippen molar-refractivity contribution < 1.29 is 22.4 Å². The van der Waals surface area contributed by atoms with Crippen LogP contribution in [0.4, 0.5) is 0 Å². The Bertz CT molecular complexity index is 998. The molecule has 8 nitrogen and oxygen atoms in total. The van der Waals surface area contributed by atoms with Crippen LogP contribution in [0, 0.1) is 17.8 Å². The maximum atomic E-state index is 12.8. The van der Waals surface area contributed by atoms with Gasteiger partial charge in [0, 0.05) is 12.5 Å². The van der Waals surface area contributed by atoms with Crippen LogP contribution in [0.25, 0.3) is 0 Å². The zero-order chi connectivity index (χ0) is 23.8. The van der Waals surface area contributed by atoms with Crippen molar-refractivity contribution in [3.63, 3.8) is 0 Å². The van der Waals surface area contributed by atoms with E-state index in [1.54, 1.807) is 48.7 Å². The molecule has 1 aliphatic rings. The van der Waals surface area contributed by atoms with Gasteiger partial charge in [0.2, 0.25) is 21.8 Å². The predicted octanol–water partition coefficient (Wildman–Crippen LogP) is 2.82. The molecule has 1 unspecified atom stereocenters. The van der Waals surface area contributed by atoms with Crippen LogP contribution in [0.15, 0.2) is 58.0 Å². The van der Waals surface area contributed by atoms with Gasteiger partial charge in [-0.05, 0) is 61.8 Å². The number of hydrogen-bond acceptors (Lipinski definition) is 5. The van der Waals surface area contributed by atoms with E-state index in [4.69, 9.17) is 4.42 Å². The van der Waals surface area contributed by atoms with Crippen molar-refractivity contribution in [3.8, 4) is 0 Å². The van der Waals surface area contributed by atoms with Crippen LogP contribution in [0.1, 0.15) is 45.3 Å². The fourth-order valence-corrected chi connectivity index (χ4v) is 5.18. The maximum absolute atomic E-state index is 12.8. The highest BCUT2D eigenvalue weighted by Crippen LogP contribution is 2.29. The second-order valence-electron chi connectivity index (χ2n) is 8.91. The highest BCUT2D eigenvalue weighted by atomic mass is 32.2. The van der Waals surface area contributed by atoms with Crippen LogP contribution in [0.2, 0.25) is 0 Å². The van der Waals surface area contributed by atoms with Gasteiger partial charge in [0.25, 0.3) is 0 Å². The second-order valence-corrected chi connectivity index (χ2v) is 10.7. The first kappa shape index (κ1) is 25.0. The van der Waals surface area contributed by atoms with Crippen LogP contribution in [-0.4, -0.2) is 32.8 Å². The minimum absolute atomic E-state index is 0.0608. The molecule has 2 aromatic rings. The van der Waals surface area contributed by atoms with Gasteiger partial charge in [0.05, 0.1) is 17.7 Å². The molecule has 0 saturated heterocycles. The summed E-state index contributed by atoms with van der Waals surface area (Å²) in [7, 11) is -3.53. The number of rotatable bonds is 10. The lowest BCUT2D eigenvalue weighted by Gasteiger charge is -2.30. The molecule has 3 N–H and O–H groups in total. The molecule has 33 heavy (non-hydrogen) atoms. The highest BCUT2D eigenvalue weighted by Gasteiger charge is 2.31. The van der Waals surface area contributed by atoms with E-state index in [1.807, 2.05) is 13.8 Å². The van der Waals surface area contributed by atoms with E-state index in [2.05, 4.69) is 15.4 Å². The van der Waals surface area contributed by atoms with Crippen LogP contribution in [-0.2, 0) is 26.2 Å². The van der Waals surface area contributed by atoms with Gasteiger partial charge < -0.3 is 15.1 Å². The Morgan fingerprint density at radius 3 is 2.33 bits per heavy atom. The predicted molar refractivity (Wildman–Crippen MR) is 124 cm³/mol. The van der Waals surface area contributed by atoms with E-state index < -0.39 is 16.1 Å². The number of amides is 2. The van der Waals surface area contributed by atoms with E-state index in [0.717, 1.165) is 12.8 Å². The Labute approximate surface area is 195 Å². The topological polar surface area (TPSA) is 118 Å². The van der Waals surface area contributed by atoms with Gasteiger partial charge in [-0.2, -0.15) is 0 Å². The first-order chi connectivity index (χ1) is 15.8. The number of sulfonamides is 1. The lowest BCUT2D eigenvalue weighted by atomic mass is 9.81. The second kappa shape index (κ2) is 11.5. The van der Waals surface area contributed by atoms with Gasteiger partial charge in [-0.3, -0.25) is 9.59 Å². The van der Waals surface area contributed by atoms with Gasteiger partial charge in [-0.25, -0.2) is 13.1 Å². The smallest absolute Gasteiger partial charge is 0.243 e. The Morgan fingerprint density at radius 2 is 1.73 bits per heavy atom. The van der Waals surface area contributed by atoms with Crippen molar-refractivity contribution in [2.75, 3.05) is 6.54 Å². The SMILES string of the molecule is CC(C)C(NC(=O)C1CCC(CNS(=O)(=O)c2ccccc2)CC1)C(=O)NCc1ccco1. The van der Waals surface area contributed by atoms with Crippen LogP contribution >= 0.6 is 0 Å². The maximum Gasteiger partial charge on any atom is 0.243 e. The van der Waals surface area contributed by atoms with Crippen LogP contribution in [0.5, 0.6) is 0 Å². The lowest BCUT2D eigenvalue weighted by molar-refractivity contribution is -0.133. The van der Waals surface area contributed by atoms with Gasteiger partial charge in [-0.15, -0.1) is 0 Å². The van der Waals surface area contributed by atoms with Gasteiger partial charge in [0.15, 0.2) is 0 Å². The van der Waals surface area contributed by atoms with Crippen molar-refractivity contribution in [1.82, 2.24) is 15.4 Å². The number of nitrogens with one attached hydrogen (secondary N) is 3. The quantitative estimate of drug-likeness (QED) is 0.488. The summed E-state index contributed by atoms with van der Waals surface area (Å²) in [6.07, 6.45) is 4.40. The summed E-state index contributed by atoms with van der Waals surface area (Å²) in [5.74, 6) is 0.243. The van der Waals surface area contributed by atoms with Crippen LogP contribution in [0.3, 0.4) is 0 Å². The fraction of sp³-hybridized carbons (Fsp3) is 0.500. The number of benzene rings is 1. The summed E-state index contributed by atoms with van der Waals surface area (Å²) in [5.41, 5.74) is 0. The van der Waals surface area contributed by atoms with Crippen molar-refractivity contribution >= 4 is 21.8 Å². The van der Waals surface area contributed by atoms with Gasteiger partial charge in [0.1, 0.15) is 11.8 Å². The van der Waals surface area contributed by atoms with Crippen molar-refractivity contribution in [3.05, 3.63) is 54.5 Å². The van der Waals surface area contributed by atoms with Crippen molar-refractivity contribution in [2.45, 2.75) is 57.0 Å². The molecule has 1 aliphatic carbocycles.